The Morgan fingerprint density at radius 3 is 2.38 bits per heavy atom. The second-order valence-electron chi connectivity index (χ2n) is 8.20. The maximum absolute atomic E-state index is 14.4. The number of amides is 1. The van der Waals surface area contributed by atoms with Crippen LogP contribution >= 0.6 is 0 Å². The maximum Gasteiger partial charge on any atom is 0.245 e. The summed E-state index contributed by atoms with van der Waals surface area (Å²) in [5.74, 6) is -1.23. The van der Waals surface area contributed by atoms with E-state index in [-0.39, 0.29) is 22.3 Å². The molecule has 1 amide bonds. The molecule has 0 saturated carbocycles. The first-order chi connectivity index (χ1) is 15.0. The van der Waals surface area contributed by atoms with Crippen molar-refractivity contribution in [3.05, 3.63) is 59.5 Å². The Kier molecular flexibility index (Phi) is 5.12. The number of nitrogens with zero attached hydrogens (tertiary/aromatic N) is 2. The van der Waals surface area contributed by atoms with E-state index in [1.54, 1.807) is 0 Å². The van der Waals surface area contributed by atoms with Crippen LogP contribution in [-0.2, 0) is 14.6 Å². The molecule has 0 spiro atoms. The van der Waals surface area contributed by atoms with Crippen molar-refractivity contribution in [1.29, 1.82) is 0 Å². The first kappa shape index (κ1) is 21.7. The van der Waals surface area contributed by atoms with Crippen molar-refractivity contribution >= 4 is 44.6 Å². The number of carbonyl (C=O) groups is 1. The fraction of sp³-hybridized carbons (Fsp3) is 0.227. The van der Waals surface area contributed by atoms with E-state index in [0.29, 0.717) is 5.69 Å². The van der Waals surface area contributed by atoms with Crippen molar-refractivity contribution in [3.8, 4) is 0 Å². The molecule has 3 N–H and O–H groups in total. The van der Waals surface area contributed by atoms with Gasteiger partial charge in [-0.15, -0.1) is 0 Å². The highest BCUT2D eigenvalue weighted by molar-refractivity contribution is 7.94. The van der Waals surface area contributed by atoms with Gasteiger partial charge in [-0.1, -0.05) is 6.07 Å². The lowest BCUT2D eigenvalue weighted by Crippen LogP contribution is -2.48. The molecule has 4 rings (SSSR count). The average Bonchev–Trinajstić information content (AvgIpc) is 2.68. The molecule has 0 fully saturated rings. The number of hydrogen-bond donors (Lipinski definition) is 3. The summed E-state index contributed by atoms with van der Waals surface area (Å²) < 4.78 is 38.3. The number of carbonyl (C=O) groups excluding carboxylic acids is 1. The number of anilines is 5. The monoisotopic (exact) mass is 455 g/mol. The van der Waals surface area contributed by atoms with Crippen molar-refractivity contribution in [3.63, 3.8) is 0 Å². The van der Waals surface area contributed by atoms with Crippen LogP contribution in [0.25, 0.3) is 0 Å². The molecular weight excluding hydrogens is 433 g/mol. The third kappa shape index (κ3) is 3.77. The highest BCUT2D eigenvalue weighted by Crippen LogP contribution is 2.38. The third-order valence-corrected chi connectivity index (χ3v) is 7.68. The Morgan fingerprint density at radius 1 is 1.00 bits per heavy atom. The maximum atomic E-state index is 14.4. The van der Waals surface area contributed by atoms with Gasteiger partial charge in [0.1, 0.15) is 4.75 Å². The molecule has 1 aromatic heterocycles. The van der Waals surface area contributed by atoms with Gasteiger partial charge < -0.3 is 16.0 Å². The zero-order valence-corrected chi connectivity index (χ0v) is 18.8. The standard InChI is InChI=1S/C22H22FN5O3S/c1-12-7-13(2)9-15(8-12)26-21-24-11-16(23)19(28-21)25-14-5-6-18-17(10-14)27-20(29)22(3,4)32(18,30)31/h5-11H,1-4H3,(H,27,29)(H2,24,25,26,28). The number of nitrogens with one attached hydrogen (secondary N) is 3. The van der Waals surface area contributed by atoms with E-state index in [2.05, 4.69) is 25.9 Å². The molecule has 2 aromatic carbocycles. The second kappa shape index (κ2) is 7.56. The van der Waals surface area contributed by atoms with E-state index in [1.165, 1.54) is 32.0 Å². The molecule has 3 aromatic rings. The summed E-state index contributed by atoms with van der Waals surface area (Å²) in [7, 11) is -3.87. The number of sulfone groups is 1. The summed E-state index contributed by atoms with van der Waals surface area (Å²) in [6, 6.07) is 10.2. The van der Waals surface area contributed by atoms with Crippen molar-refractivity contribution in [2.75, 3.05) is 16.0 Å². The summed E-state index contributed by atoms with van der Waals surface area (Å²) in [6.45, 7) is 6.64. The summed E-state index contributed by atoms with van der Waals surface area (Å²) in [5.41, 5.74) is 3.37. The third-order valence-electron chi connectivity index (χ3n) is 5.22. The number of benzene rings is 2. The molecule has 8 nitrogen and oxygen atoms in total. The minimum atomic E-state index is -3.87. The Labute approximate surface area is 185 Å². The quantitative estimate of drug-likeness (QED) is 0.540. The Hall–Kier alpha value is -3.53. The first-order valence-corrected chi connectivity index (χ1v) is 11.3. The normalized spacial score (nSPS) is 16.1. The van der Waals surface area contributed by atoms with Gasteiger partial charge in [-0.3, -0.25) is 4.79 Å². The molecule has 0 unspecified atom stereocenters. The van der Waals surface area contributed by atoms with Gasteiger partial charge in [0.25, 0.3) is 0 Å². The topological polar surface area (TPSA) is 113 Å². The van der Waals surface area contributed by atoms with Crippen molar-refractivity contribution in [2.24, 2.45) is 0 Å². The second-order valence-corrected chi connectivity index (χ2v) is 10.7. The molecule has 0 atom stereocenters. The SMILES string of the molecule is Cc1cc(C)cc(Nc2ncc(F)c(Nc3ccc4c(c3)NC(=O)C(C)(C)S4(=O)=O)n2)c1. The number of fused-ring (bicyclic) bond motifs is 1. The zero-order chi connectivity index (χ0) is 23.3. The van der Waals surface area contributed by atoms with Gasteiger partial charge in [-0.05, 0) is 69.2 Å². The van der Waals surface area contributed by atoms with E-state index in [4.69, 9.17) is 0 Å². The molecule has 10 heteroatoms. The van der Waals surface area contributed by atoms with E-state index >= 15 is 0 Å². The molecule has 0 saturated heterocycles. The van der Waals surface area contributed by atoms with E-state index < -0.39 is 26.3 Å². The van der Waals surface area contributed by atoms with Crippen LogP contribution in [0.1, 0.15) is 25.0 Å². The lowest BCUT2D eigenvalue weighted by Gasteiger charge is -2.30. The smallest absolute Gasteiger partial charge is 0.245 e. The van der Waals surface area contributed by atoms with Crippen molar-refractivity contribution in [2.45, 2.75) is 37.3 Å². The molecule has 0 bridgehead atoms. The molecule has 1 aliphatic rings. The predicted octanol–water partition coefficient (Wildman–Crippen LogP) is 4.22. The molecule has 1 aliphatic heterocycles. The van der Waals surface area contributed by atoms with Crippen LogP contribution in [0.3, 0.4) is 0 Å². The van der Waals surface area contributed by atoms with Crippen LogP contribution in [0, 0.1) is 19.7 Å². The minimum Gasteiger partial charge on any atom is -0.338 e. The molecule has 0 radical (unpaired) electrons. The van der Waals surface area contributed by atoms with Crippen LogP contribution in [0.4, 0.5) is 33.2 Å². The Bertz CT molecular complexity index is 1340. The zero-order valence-electron chi connectivity index (χ0n) is 17.9. The van der Waals surface area contributed by atoms with Gasteiger partial charge in [-0.25, -0.2) is 17.8 Å². The number of halogens is 1. The van der Waals surface area contributed by atoms with Gasteiger partial charge in [0.2, 0.25) is 11.9 Å². The van der Waals surface area contributed by atoms with Crippen LogP contribution < -0.4 is 16.0 Å². The number of hydrogen-bond acceptors (Lipinski definition) is 7. The van der Waals surface area contributed by atoms with Gasteiger partial charge in [0, 0.05) is 11.4 Å². The molecule has 0 aliphatic carbocycles. The predicted molar refractivity (Wildman–Crippen MR) is 121 cm³/mol. The van der Waals surface area contributed by atoms with E-state index in [9.17, 15) is 17.6 Å². The molecule has 166 valence electrons. The summed E-state index contributed by atoms with van der Waals surface area (Å²) >= 11 is 0. The van der Waals surface area contributed by atoms with Gasteiger partial charge >= 0.3 is 0 Å². The van der Waals surface area contributed by atoms with Crippen LogP contribution in [0.5, 0.6) is 0 Å². The lowest BCUT2D eigenvalue weighted by molar-refractivity contribution is -0.118. The number of rotatable bonds is 4. The fourth-order valence-electron chi connectivity index (χ4n) is 3.44. The molecule has 2 heterocycles. The Balaban J connectivity index is 1.63. The van der Waals surface area contributed by atoms with E-state index in [1.807, 2.05) is 32.0 Å². The number of aryl methyl sites for hydroxylation is 2. The van der Waals surface area contributed by atoms with Gasteiger partial charge in [0.15, 0.2) is 21.5 Å². The van der Waals surface area contributed by atoms with E-state index in [0.717, 1.165) is 23.0 Å². The van der Waals surface area contributed by atoms with Crippen molar-refractivity contribution in [1.82, 2.24) is 9.97 Å². The van der Waals surface area contributed by atoms with Crippen molar-refractivity contribution < 1.29 is 17.6 Å². The van der Waals surface area contributed by atoms with Crippen LogP contribution in [-0.4, -0.2) is 29.0 Å². The van der Waals surface area contributed by atoms with Gasteiger partial charge in [0.05, 0.1) is 16.8 Å². The summed E-state index contributed by atoms with van der Waals surface area (Å²) in [5, 5.41) is 8.48. The largest absolute Gasteiger partial charge is 0.338 e. The minimum absolute atomic E-state index is 0.00739. The van der Waals surface area contributed by atoms with Gasteiger partial charge in [-0.2, -0.15) is 4.98 Å². The lowest BCUT2D eigenvalue weighted by atomic mass is 10.1. The summed E-state index contributed by atoms with van der Waals surface area (Å²) in [4.78, 5) is 20.5. The highest BCUT2D eigenvalue weighted by Gasteiger charge is 2.47. The number of aromatic nitrogens is 2. The fourth-order valence-corrected chi connectivity index (χ4v) is 4.93. The molecule has 32 heavy (non-hydrogen) atoms. The molecular formula is C22H22FN5O3S. The Morgan fingerprint density at radius 2 is 1.69 bits per heavy atom. The van der Waals surface area contributed by atoms with Crippen LogP contribution in [0.15, 0.2) is 47.5 Å². The average molecular weight is 456 g/mol. The first-order valence-electron chi connectivity index (χ1n) is 9.82. The summed E-state index contributed by atoms with van der Waals surface area (Å²) in [6.07, 6.45) is 1.04. The van der Waals surface area contributed by atoms with Crippen LogP contribution in [0.2, 0.25) is 0 Å². The highest BCUT2D eigenvalue weighted by atomic mass is 32.2.